The fourth-order valence-electron chi connectivity index (χ4n) is 2.74. The highest BCUT2D eigenvalue weighted by molar-refractivity contribution is 7.99. The Kier molecular flexibility index (Phi) is 7.18. The molecule has 0 radical (unpaired) electrons. The molecular weight excluding hydrogens is 407 g/mol. The Morgan fingerprint density at radius 2 is 1.83 bits per heavy atom. The Bertz CT molecular complexity index is 1120. The van der Waals surface area contributed by atoms with Gasteiger partial charge in [0.15, 0.2) is 5.16 Å². The van der Waals surface area contributed by atoms with Gasteiger partial charge in [-0.2, -0.15) is 0 Å². The number of rotatable bonds is 7. The molecule has 0 saturated heterocycles. The maximum atomic E-state index is 12.9. The molecule has 156 valence electrons. The van der Waals surface area contributed by atoms with Crippen LogP contribution in [0.3, 0.4) is 0 Å². The molecule has 2 aromatic carbocycles. The molecular formula is C21H21FN4O3S. The predicted octanol–water partition coefficient (Wildman–Crippen LogP) is 2.89. The lowest BCUT2D eigenvalue weighted by atomic mass is 10.2. The predicted molar refractivity (Wildman–Crippen MR) is 114 cm³/mol. The van der Waals surface area contributed by atoms with Crippen molar-refractivity contribution in [3.63, 3.8) is 0 Å². The molecule has 1 aromatic heterocycles. The van der Waals surface area contributed by atoms with Crippen molar-refractivity contribution in [1.29, 1.82) is 0 Å². The quantitative estimate of drug-likeness (QED) is 0.343. The Labute approximate surface area is 176 Å². The van der Waals surface area contributed by atoms with Crippen molar-refractivity contribution < 1.29 is 14.0 Å². The van der Waals surface area contributed by atoms with E-state index < -0.39 is 17.6 Å². The maximum absolute atomic E-state index is 12.9. The van der Waals surface area contributed by atoms with Gasteiger partial charge in [-0.05, 0) is 42.8 Å². The highest BCUT2D eigenvalue weighted by Crippen LogP contribution is 2.18. The van der Waals surface area contributed by atoms with Gasteiger partial charge in [-0.3, -0.25) is 29.8 Å². The van der Waals surface area contributed by atoms with Crippen LogP contribution in [0.5, 0.6) is 0 Å². The molecule has 0 fully saturated rings. The molecule has 2 amide bonds. The number of hydrogen-bond acceptors (Lipinski definition) is 5. The van der Waals surface area contributed by atoms with Crippen LogP contribution in [0.4, 0.5) is 4.39 Å². The van der Waals surface area contributed by atoms with Gasteiger partial charge < -0.3 is 0 Å². The third-order valence-corrected chi connectivity index (χ3v) is 5.29. The van der Waals surface area contributed by atoms with Gasteiger partial charge in [0.25, 0.3) is 11.5 Å². The summed E-state index contributed by atoms with van der Waals surface area (Å²) in [5, 5.41) is 0.987. The van der Waals surface area contributed by atoms with E-state index in [9.17, 15) is 18.8 Å². The minimum absolute atomic E-state index is 0.0411. The fraction of sp³-hybridized carbons (Fsp3) is 0.238. The van der Waals surface area contributed by atoms with Crippen LogP contribution in [0.25, 0.3) is 10.9 Å². The molecule has 30 heavy (non-hydrogen) atoms. The number of halogens is 1. The molecule has 7 nitrogen and oxygen atoms in total. The van der Waals surface area contributed by atoms with Crippen LogP contribution in [0.2, 0.25) is 0 Å². The van der Waals surface area contributed by atoms with Crippen LogP contribution >= 0.6 is 11.8 Å². The van der Waals surface area contributed by atoms with Crippen molar-refractivity contribution in [2.24, 2.45) is 0 Å². The zero-order valence-electron chi connectivity index (χ0n) is 16.4. The smallest absolute Gasteiger partial charge is 0.269 e. The maximum Gasteiger partial charge on any atom is 0.269 e. The standard InChI is InChI=1S/C21H21FN4O3S/c1-2-3-12-26-20(29)16-6-4-5-7-17(16)23-21(26)30-13-18(27)24-25-19(28)14-8-10-15(22)11-9-14/h4-11H,2-3,12-13H2,1H3,(H,24,27)(H,25,28). The number of hydrogen-bond donors (Lipinski definition) is 2. The Balaban J connectivity index is 1.66. The highest BCUT2D eigenvalue weighted by atomic mass is 32.2. The fourth-order valence-corrected chi connectivity index (χ4v) is 3.56. The van der Waals surface area contributed by atoms with E-state index in [4.69, 9.17) is 0 Å². The molecule has 0 atom stereocenters. The van der Waals surface area contributed by atoms with Gasteiger partial charge in [0.2, 0.25) is 5.91 Å². The molecule has 1 heterocycles. The second-order valence-corrected chi connectivity index (χ2v) is 7.46. The number of nitrogens with zero attached hydrogens (tertiary/aromatic N) is 2. The van der Waals surface area contributed by atoms with Gasteiger partial charge in [0.05, 0.1) is 16.7 Å². The van der Waals surface area contributed by atoms with Crippen molar-refractivity contribution in [2.45, 2.75) is 31.5 Å². The summed E-state index contributed by atoms with van der Waals surface area (Å²) in [6.45, 7) is 2.54. The summed E-state index contributed by atoms with van der Waals surface area (Å²) in [6.07, 6.45) is 1.73. The number of aromatic nitrogens is 2. The first-order valence-electron chi connectivity index (χ1n) is 9.46. The third-order valence-electron chi connectivity index (χ3n) is 4.32. The van der Waals surface area contributed by atoms with E-state index in [0.29, 0.717) is 22.6 Å². The number of carbonyl (C=O) groups is 2. The van der Waals surface area contributed by atoms with Crippen LogP contribution in [0.15, 0.2) is 58.5 Å². The summed E-state index contributed by atoms with van der Waals surface area (Å²) in [5.74, 6) is -1.51. The Morgan fingerprint density at radius 1 is 1.10 bits per heavy atom. The molecule has 2 N–H and O–H groups in total. The zero-order chi connectivity index (χ0) is 21.5. The number of fused-ring (bicyclic) bond motifs is 1. The van der Waals surface area contributed by atoms with Gasteiger partial charge in [0, 0.05) is 12.1 Å². The molecule has 3 aromatic rings. The van der Waals surface area contributed by atoms with Gasteiger partial charge in [-0.15, -0.1) is 0 Å². The number of nitrogens with one attached hydrogen (secondary N) is 2. The van der Waals surface area contributed by atoms with Crippen molar-refractivity contribution in [1.82, 2.24) is 20.4 Å². The van der Waals surface area contributed by atoms with Crippen LogP contribution < -0.4 is 16.4 Å². The van der Waals surface area contributed by atoms with E-state index in [1.54, 1.807) is 28.8 Å². The third kappa shape index (κ3) is 5.24. The molecule has 0 aliphatic carbocycles. The minimum atomic E-state index is -0.558. The van der Waals surface area contributed by atoms with E-state index >= 15 is 0 Å². The second kappa shape index (κ2) is 10.0. The summed E-state index contributed by atoms with van der Waals surface area (Å²) in [6, 6.07) is 12.0. The van der Waals surface area contributed by atoms with E-state index in [1.807, 2.05) is 6.92 Å². The number of hydrazine groups is 1. The summed E-state index contributed by atoms with van der Waals surface area (Å²) < 4.78 is 14.5. The summed E-state index contributed by atoms with van der Waals surface area (Å²) in [7, 11) is 0. The topological polar surface area (TPSA) is 93.1 Å². The minimum Gasteiger partial charge on any atom is -0.287 e. The van der Waals surface area contributed by atoms with Gasteiger partial charge in [-0.1, -0.05) is 37.2 Å². The Hall–Kier alpha value is -3.20. The first kappa shape index (κ1) is 21.5. The van der Waals surface area contributed by atoms with E-state index in [0.717, 1.165) is 36.7 Å². The number of thioether (sulfide) groups is 1. The number of para-hydroxylation sites is 1. The lowest BCUT2D eigenvalue weighted by Gasteiger charge is -2.13. The van der Waals surface area contributed by atoms with Crippen molar-refractivity contribution in [3.05, 3.63) is 70.3 Å². The summed E-state index contributed by atoms with van der Waals surface area (Å²) >= 11 is 1.12. The molecule has 0 spiro atoms. The van der Waals surface area contributed by atoms with Gasteiger partial charge >= 0.3 is 0 Å². The van der Waals surface area contributed by atoms with Gasteiger partial charge in [0.1, 0.15) is 5.82 Å². The highest BCUT2D eigenvalue weighted by Gasteiger charge is 2.14. The van der Waals surface area contributed by atoms with E-state index in [1.165, 1.54) is 12.1 Å². The van der Waals surface area contributed by atoms with Crippen molar-refractivity contribution in [3.8, 4) is 0 Å². The second-order valence-electron chi connectivity index (χ2n) is 6.52. The SMILES string of the molecule is CCCCn1c(SCC(=O)NNC(=O)c2ccc(F)cc2)nc2ccccc2c1=O. The molecule has 9 heteroatoms. The molecule has 0 bridgehead atoms. The summed E-state index contributed by atoms with van der Waals surface area (Å²) in [5.41, 5.74) is 5.24. The first-order valence-corrected chi connectivity index (χ1v) is 10.4. The average Bonchev–Trinajstić information content (AvgIpc) is 2.76. The normalized spacial score (nSPS) is 10.7. The number of amides is 2. The van der Waals surface area contributed by atoms with Crippen molar-refractivity contribution in [2.75, 3.05) is 5.75 Å². The number of benzene rings is 2. The molecule has 3 rings (SSSR count). The van der Waals surface area contributed by atoms with E-state index in [2.05, 4.69) is 15.8 Å². The van der Waals surface area contributed by atoms with Crippen molar-refractivity contribution >= 4 is 34.5 Å². The zero-order valence-corrected chi connectivity index (χ0v) is 17.2. The molecule has 0 unspecified atom stereocenters. The van der Waals surface area contributed by atoms with Gasteiger partial charge in [-0.25, -0.2) is 9.37 Å². The largest absolute Gasteiger partial charge is 0.287 e. The van der Waals surface area contributed by atoms with Crippen LogP contribution in [0.1, 0.15) is 30.1 Å². The molecule has 0 aliphatic rings. The average molecular weight is 428 g/mol. The molecule has 0 saturated carbocycles. The lowest BCUT2D eigenvalue weighted by Crippen LogP contribution is -2.42. The number of unbranched alkanes of at least 4 members (excludes halogenated alkanes) is 1. The lowest BCUT2D eigenvalue weighted by molar-refractivity contribution is -0.119. The first-order chi connectivity index (χ1) is 14.5. The molecule has 0 aliphatic heterocycles. The van der Waals surface area contributed by atoms with Crippen LogP contribution in [0, 0.1) is 5.82 Å². The van der Waals surface area contributed by atoms with Crippen LogP contribution in [-0.4, -0.2) is 27.1 Å². The summed E-state index contributed by atoms with van der Waals surface area (Å²) in [4.78, 5) is 41.5. The van der Waals surface area contributed by atoms with Crippen LogP contribution in [-0.2, 0) is 11.3 Å². The number of carbonyl (C=O) groups excluding carboxylic acids is 2. The Morgan fingerprint density at radius 3 is 2.57 bits per heavy atom. The van der Waals surface area contributed by atoms with E-state index in [-0.39, 0.29) is 16.9 Å². The monoisotopic (exact) mass is 428 g/mol.